The van der Waals surface area contributed by atoms with Crippen LogP contribution in [0.2, 0.25) is 0 Å². The van der Waals surface area contributed by atoms with E-state index in [4.69, 9.17) is 10.9 Å². The van der Waals surface area contributed by atoms with Crippen molar-refractivity contribution in [2.75, 3.05) is 19.3 Å². The molecule has 5 N–H and O–H groups in total. The summed E-state index contributed by atoms with van der Waals surface area (Å²) in [7, 11) is -3.21. The van der Waals surface area contributed by atoms with Gasteiger partial charge in [0, 0.05) is 24.8 Å². The third kappa shape index (κ3) is 6.19. The Morgan fingerprint density at radius 1 is 1.43 bits per heavy atom. The number of hydrogen-bond donors (Lipinski definition) is 4. The van der Waals surface area contributed by atoms with Crippen molar-refractivity contribution in [1.82, 2.24) is 15.0 Å². The maximum absolute atomic E-state index is 11.7. The highest BCUT2D eigenvalue weighted by atomic mass is 32.2. The van der Waals surface area contributed by atoms with E-state index in [0.29, 0.717) is 18.5 Å². The van der Waals surface area contributed by atoms with Crippen LogP contribution in [0.5, 0.6) is 0 Å². The summed E-state index contributed by atoms with van der Waals surface area (Å²) >= 11 is 0. The lowest BCUT2D eigenvalue weighted by molar-refractivity contribution is 0.0948. The molecule has 0 saturated heterocycles. The molecule has 0 radical (unpaired) electrons. The van der Waals surface area contributed by atoms with Gasteiger partial charge in [0.25, 0.3) is 5.91 Å². The first-order valence-electron chi connectivity index (χ1n) is 6.00. The SMILES string of the molecule is CS(=O)(=O)NCCCNC(=O)c1ccc(/C(N)=N/O)cn1. The second kappa shape index (κ2) is 7.55. The number of nitrogens with two attached hydrogens (primary N) is 1. The highest BCUT2D eigenvalue weighted by molar-refractivity contribution is 7.88. The number of hydrogen-bond acceptors (Lipinski definition) is 6. The lowest BCUT2D eigenvalue weighted by Gasteiger charge is -2.05. The molecule has 9 nitrogen and oxygen atoms in total. The number of sulfonamides is 1. The maximum atomic E-state index is 11.7. The zero-order chi connectivity index (χ0) is 15.9. The van der Waals surface area contributed by atoms with Gasteiger partial charge in [0.15, 0.2) is 5.84 Å². The molecule has 0 saturated carbocycles. The van der Waals surface area contributed by atoms with Gasteiger partial charge in [0.2, 0.25) is 10.0 Å². The molecule has 0 unspecified atom stereocenters. The number of rotatable bonds is 7. The van der Waals surface area contributed by atoms with Gasteiger partial charge in [-0.15, -0.1) is 0 Å². The highest BCUT2D eigenvalue weighted by Crippen LogP contribution is 2.00. The zero-order valence-electron chi connectivity index (χ0n) is 11.4. The van der Waals surface area contributed by atoms with Gasteiger partial charge in [0.05, 0.1) is 6.26 Å². The molecule has 0 fully saturated rings. The number of carbonyl (C=O) groups excluding carboxylic acids is 1. The van der Waals surface area contributed by atoms with E-state index in [1.165, 1.54) is 18.3 Å². The fourth-order valence-corrected chi connectivity index (χ4v) is 1.89. The predicted molar refractivity (Wildman–Crippen MR) is 76.5 cm³/mol. The summed E-state index contributed by atoms with van der Waals surface area (Å²) in [6.45, 7) is 0.556. The second-order valence-corrected chi connectivity index (χ2v) is 6.03. The summed E-state index contributed by atoms with van der Waals surface area (Å²) in [4.78, 5) is 15.6. The molecular weight excluding hydrogens is 298 g/mol. The molecule has 0 aliphatic heterocycles. The van der Waals surface area contributed by atoms with E-state index in [1.807, 2.05) is 0 Å². The summed E-state index contributed by atoms with van der Waals surface area (Å²) < 4.78 is 23.9. The van der Waals surface area contributed by atoms with E-state index in [0.717, 1.165) is 6.26 Å². The van der Waals surface area contributed by atoms with Crippen molar-refractivity contribution in [2.45, 2.75) is 6.42 Å². The van der Waals surface area contributed by atoms with E-state index in [-0.39, 0.29) is 24.0 Å². The molecule has 1 amide bonds. The number of aromatic nitrogens is 1. The van der Waals surface area contributed by atoms with Crippen molar-refractivity contribution in [3.63, 3.8) is 0 Å². The Kier molecular flexibility index (Phi) is 6.06. The Morgan fingerprint density at radius 2 is 2.14 bits per heavy atom. The van der Waals surface area contributed by atoms with Gasteiger partial charge in [-0.3, -0.25) is 9.78 Å². The number of amides is 1. The smallest absolute Gasteiger partial charge is 0.269 e. The lowest BCUT2D eigenvalue weighted by atomic mass is 10.2. The number of nitrogens with one attached hydrogen (secondary N) is 2. The Balaban J connectivity index is 2.42. The van der Waals surface area contributed by atoms with Crippen LogP contribution >= 0.6 is 0 Å². The van der Waals surface area contributed by atoms with E-state index in [2.05, 4.69) is 20.2 Å². The molecule has 0 atom stereocenters. The van der Waals surface area contributed by atoms with Crippen molar-refractivity contribution >= 4 is 21.8 Å². The lowest BCUT2D eigenvalue weighted by Crippen LogP contribution is -2.29. The molecule has 21 heavy (non-hydrogen) atoms. The van der Waals surface area contributed by atoms with Crippen molar-refractivity contribution in [3.05, 3.63) is 29.6 Å². The third-order valence-electron chi connectivity index (χ3n) is 2.40. The monoisotopic (exact) mass is 315 g/mol. The van der Waals surface area contributed by atoms with Gasteiger partial charge in [-0.2, -0.15) is 0 Å². The molecule has 0 aliphatic carbocycles. The first-order chi connectivity index (χ1) is 9.83. The quantitative estimate of drug-likeness (QED) is 0.164. The average molecular weight is 315 g/mol. The van der Waals surface area contributed by atoms with Crippen LogP contribution in [0.3, 0.4) is 0 Å². The van der Waals surface area contributed by atoms with Crippen molar-refractivity contribution in [1.29, 1.82) is 0 Å². The third-order valence-corrected chi connectivity index (χ3v) is 3.13. The minimum atomic E-state index is -3.21. The Hall–Kier alpha value is -2.20. The molecule has 0 bridgehead atoms. The van der Waals surface area contributed by atoms with Gasteiger partial charge in [0.1, 0.15) is 5.69 Å². The van der Waals surface area contributed by atoms with Crippen LogP contribution in [0.25, 0.3) is 0 Å². The number of pyridine rings is 1. The van der Waals surface area contributed by atoms with Crippen molar-refractivity contribution in [3.8, 4) is 0 Å². The minimum Gasteiger partial charge on any atom is -0.409 e. The molecule has 0 aromatic carbocycles. The van der Waals surface area contributed by atoms with Gasteiger partial charge in [-0.25, -0.2) is 13.1 Å². The van der Waals surface area contributed by atoms with Crippen LogP contribution in [0.1, 0.15) is 22.5 Å². The van der Waals surface area contributed by atoms with E-state index >= 15 is 0 Å². The second-order valence-electron chi connectivity index (χ2n) is 4.19. The molecule has 1 rings (SSSR count). The number of carbonyl (C=O) groups is 1. The molecule has 116 valence electrons. The Morgan fingerprint density at radius 3 is 2.67 bits per heavy atom. The van der Waals surface area contributed by atoms with Gasteiger partial charge >= 0.3 is 0 Å². The van der Waals surface area contributed by atoms with Crippen LogP contribution in [-0.4, -0.2) is 49.7 Å². The molecule has 1 aromatic heterocycles. The number of oxime groups is 1. The van der Waals surface area contributed by atoms with Gasteiger partial charge in [-0.05, 0) is 18.6 Å². The van der Waals surface area contributed by atoms with Crippen LogP contribution in [0.15, 0.2) is 23.5 Å². The van der Waals surface area contributed by atoms with Gasteiger partial charge in [-0.1, -0.05) is 5.16 Å². The first kappa shape index (κ1) is 16.9. The molecule has 0 spiro atoms. The van der Waals surface area contributed by atoms with Crippen molar-refractivity contribution < 1.29 is 18.4 Å². The summed E-state index contributed by atoms with van der Waals surface area (Å²) in [6, 6.07) is 2.94. The first-order valence-corrected chi connectivity index (χ1v) is 7.89. The van der Waals surface area contributed by atoms with E-state index < -0.39 is 10.0 Å². The number of amidine groups is 1. The fourth-order valence-electron chi connectivity index (χ4n) is 1.38. The molecule has 0 aliphatic rings. The molecule has 10 heteroatoms. The summed E-state index contributed by atoms with van der Waals surface area (Å²) in [5.41, 5.74) is 5.95. The molecule has 1 heterocycles. The fraction of sp³-hybridized carbons (Fsp3) is 0.364. The van der Waals surface area contributed by atoms with Crippen LogP contribution < -0.4 is 15.8 Å². The maximum Gasteiger partial charge on any atom is 0.269 e. The Bertz CT molecular complexity index is 612. The average Bonchev–Trinajstić information content (AvgIpc) is 2.44. The summed E-state index contributed by atoms with van der Waals surface area (Å²) in [5, 5.41) is 13.9. The highest BCUT2D eigenvalue weighted by Gasteiger charge is 2.08. The largest absolute Gasteiger partial charge is 0.409 e. The normalized spacial score (nSPS) is 12.1. The predicted octanol–water partition coefficient (Wildman–Crippen LogP) is -1.15. The molecule has 1 aromatic rings. The minimum absolute atomic E-state index is 0.0960. The van der Waals surface area contributed by atoms with Crippen molar-refractivity contribution in [2.24, 2.45) is 10.9 Å². The number of nitrogens with zero attached hydrogens (tertiary/aromatic N) is 2. The Labute approximate surface area is 122 Å². The van der Waals surface area contributed by atoms with E-state index in [1.54, 1.807) is 0 Å². The standard InChI is InChI=1S/C11H17N5O4S/c1-21(19,20)15-6-2-5-13-11(17)9-4-3-8(7-14-9)10(12)16-18/h3-4,7,15,18H,2,5-6H2,1H3,(H2,12,16)(H,13,17). The van der Waals surface area contributed by atoms with Gasteiger partial charge < -0.3 is 16.3 Å². The topological polar surface area (TPSA) is 147 Å². The van der Waals surface area contributed by atoms with Crippen LogP contribution in [0.4, 0.5) is 0 Å². The van der Waals surface area contributed by atoms with Crippen LogP contribution in [-0.2, 0) is 10.0 Å². The van der Waals surface area contributed by atoms with E-state index in [9.17, 15) is 13.2 Å². The molecular formula is C11H17N5O4S. The zero-order valence-corrected chi connectivity index (χ0v) is 12.2. The summed E-state index contributed by atoms with van der Waals surface area (Å²) in [5.74, 6) is -0.485. The van der Waals surface area contributed by atoms with Crippen LogP contribution in [0, 0.1) is 0 Å². The summed E-state index contributed by atoms with van der Waals surface area (Å²) in [6.07, 6.45) is 2.84.